The van der Waals surface area contributed by atoms with Crippen LogP contribution in [-0.4, -0.2) is 22.1 Å². The molecule has 29 heavy (non-hydrogen) atoms. The molecule has 0 saturated heterocycles. The predicted molar refractivity (Wildman–Crippen MR) is 100 cm³/mol. The van der Waals surface area contributed by atoms with E-state index in [1.165, 1.54) is 12.3 Å². The first-order valence-electron chi connectivity index (χ1n) is 8.97. The number of hydrogen-bond acceptors (Lipinski definition) is 4. The standard InChI is InChI=1S/C20H16ClF4N3O/c21-19-15(20(23,24)25)7-12(9-28-19)29-18-4-3-17(18)27-10-14-13-5-6-26-8-11(13)1-2-16(14)22/h1-2,5-9,17-18,27H,3-4,10H2/t17-,18-/m1/s1. The van der Waals surface area contributed by atoms with E-state index in [1.54, 1.807) is 24.5 Å². The molecule has 2 atom stereocenters. The molecule has 0 bridgehead atoms. The van der Waals surface area contributed by atoms with Gasteiger partial charge in [-0.1, -0.05) is 11.6 Å². The summed E-state index contributed by atoms with van der Waals surface area (Å²) in [5, 5.41) is 4.22. The van der Waals surface area contributed by atoms with Gasteiger partial charge in [0, 0.05) is 35.9 Å². The number of ether oxygens (including phenoxy) is 1. The number of halogens is 5. The zero-order valence-electron chi connectivity index (χ0n) is 15.0. The second-order valence-electron chi connectivity index (χ2n) is 6.85. The summed E-state index contributed by atoms with van der Waals surface area (Å²) in [5.74, 6) is -0.328. The lowest BCUT2D eigenvalue weighted by Crippen LogP contribution is -2.50. The Morgan fingerprint density at radius 2 is 2.00 bits per heavy atom. The molecule has 2 aromatic heterocycles. The van der Waals surface area contributed by atoms with Crippen molar-refractivity contribution < 1.29 is 22.3 Å². The van der Waals surface area contributed by atoms with Gasteiger partial charge in [-0.05, 0) is 42.5 Å². The first-order valence-corrected chi connectivity index (χ1v) is 9.34. The molecule has 0 spiro atoms. The van der Waals surface area contributed by atoms with Gasteiger partial charge in [0.15, 0.2) is 0 Å². The fraction of sp³-hybridized carbons (Fsp3) is 0.300. The highest BCUT2D eigenvalue weighted by atomic mass is 35.5. The van der Waals surface area contributed by atoms with E-state index in [1.807, 2.05) is 0 Å². The number of nitrogens with zero attached hydrogens (tertiary/aromatic N) is 2. The van der Waals surface area contributed by atoms with Crippen molar-refractivity contribution in [1.29, 1.82) is 0 Å². The van der Waals surface area contributed by atoms with E-state index in [0.29, 0.717) is 12.0 Å². The third-order valence-electron chi connectivity index (χ3n) is 5.03. The molecule has 0 unspecified atom stereocenters. The Hall–Kier alpha value is -2.45. The summed E-state index contributed by atoms with van der Waals surface area (Å²) in [6.07, 6.45) is 0.936. The quantitative estimate of drug-likeness (QED) is 0.454. The molecule has 1 aromatic carbocycles. The number of hydrogen-bond donors (Lipinski definition) is 1. The lowest BCUT2D eigenvalue weighted by atomic mass is 9.88. The summed E-state index contributed by atoms with van der Waals surface area (Å²) in [7, 11) is 0. The van der Waals surface area contributed by atoms with Gasteiger partial charge in [0.05, 0.1) is 11.8 Å². The minimum absolute atomic E-state index is 0.000593. The Balaban J connectivity index is 1.45. The maximum atomic E-state index is 14.3. The second-order valence-corrected chi connectivity index (χ2v) is 7.21. The Kier molecular flexibility index (Phi) is 5.31. The van der Waals surface area contributed by atoms with Crippen molar-refractivity contribution in [3.8, 4) is 5.75 Å². The molecule has 4 rings (SSSR count). The van der Waals surface area contributed by atoms with Crippen LogP contribution < -0.4 is 10.1 Å². The van der Waals surface area contributed by atoms with Gasteiger partial charge in [-0.15, -0.1) is 0 Å². The van der Waals surface area contributed by atoms with Crippen LogP contribution in [0.2, 0.25) is 5.15 Å². The van der Waals surface area contributed by atoms with Gasteiger partial charge in [0.1, 0.15) is 22.8 Å². The average Bonchev–Trinajstić information content (AvgIpc) is 2.67. The van der Waals surface area contributed by atoms with Crippen molar-refractivity contribution in [2.75, 3.05) is 0 Å². The first kappa shape index (κ1) is 19.8. The summed E-state index contributed by atoms with van der Waals surface area (Å²) >= 11 is 5.54. The summed E-state index contributed by atoms with van der Waals surface area (Å²) in [6.45, 7) is 0.268. The summed E-state index contributed by atoms with van der Waals surface area (Å²) < 4.78 is 58.9. The zero-order chi connectivity index (χ0) is 20.6. The topological polar surface area (TPSA) is 47.0 Å². The number of benzene rings is 1. The molecule has 2 heterocycles. The van der Waals surface area contributed by atoms with Crippen LogP contribution in [0.5, 0.6) is 5.75 Å². The molecule has 1 N–H and O–H groups in total. The number of alkyl halides is 3. The van der Waals surface area contributed by atoms with Gasteiger partial charge in [-0.2, -0.15) is 13.2 Å². The predicted octanol–water partition coefficient (Wildman–Crippen LogP) is 5.14. The van der Waals surface area contributed by atoms with E-state index in [4.69, 9.17) is 16.3 Å². The highest BCUT2D eigenvalue weighted by Gasteiger charge is 2.36. The smallest absolute Gasteiger partial charge is 0.419 e. The number of aromatic nitrogens is 2. The molecule has 1 aliphatic rings. The van der Waals surface area contributed by atoms with Gasteiger partial charge in [0.25, 0.3) is 0 Å². The summed E-state index contributed by atoms with van der Waals surface area (Å²) in [5.41, 5.74) is -0.519. The summed E-state index contributed by atoms with van der Waals surface area (Å²) in [4.78, 5) is 7.60. The lowest BCUT2D eigenvalue weighted by Gasteiger charge is -2.37. The van der Waals surface area contributed by atoms with Crippen molar-refractivity contribution in [2.45, 2.75) is 37.7 Å². The minimum Gasteiger partial charge on any atom is -0.487 e. The highest BCUT2D eigenvalue weighted by Crippen LogP contribution is 2.36. The molecule has 0 aliphatic heterocycles. The molecule has 1 fully saturated rings. The van der Waals surface area contributed by atoms with E-state index in [9.17, 15) is 17.6 Å². The normalized spacial score (nSPS) is 19.2. The Morgan fingerprint density at radius 3 is 2.72 bits per heavy atom. The number of nitrogens with one attached hydrogen (secondary N) is 1. The Morgan fingerprint density at radius 1 is 1.17 bits per heavy atom. The Labute approximate surface area is 168 Å². The van der Waals surface area contributed by atoms with Gasteiger partial charge < -0.3 is 10.1 Å². The number of pyridine rings is 2. The molecule has 4 nitrogen and oxygen atoms in total. The Bertz CT molecular complexity index is 1040. The average molecular weight is 426 g/mol. The van der Waals surface area contributed by atoms with Crippen molar-refractivity contribution in [2.24, 2.45) is 0 Å². The van der Waals surface area contributed by atoms with Crippen LogP contribution in [0.4, 0.5) is 17.6 Å². The number of rotatable bonds is 5. The molecular weight excluding hydrogens is 410 g/mol. The molecule has 3 aromatic rings. The van der Waals surface area contributed by atoms with Crippen LogP contribution in [0, 0.1) is 5.82 Å². The van der Waals surface area contributed by atoms with Crippen LogP contribution in [0.25, 0.3) is 10.8 Å². The number of fused-ring (bicyclic) bond motifs is 1. The van der Waals surface area contributed by atoms with Crippen molar-refractivity contribution in [3.05, 3.63) is 65.0 Å². The van der Waals surface area contributed by atoms with E-state index in [-0.39, 0.29) is 30.3 Å². The molecule has 1 saturated carbocycles. The molecule has 152 valence electrons. The third-order valence-corrected chi connectivity index (χ3v) is 5.33. The molecule has 0 amide bonds. The fourth-order valence-corrected chi connectivity index (χ4v) is 3.54. The lowest BCUT2D eigenvalue weighted by molar-refractivity contribution is -0.137. The van der Waals surface area contributed by atoms with Crippen LogP contribution >= 0.6 is 11.6 Å². The van der Waals surface area contributed by atoms with Gasteiger partial charge in [-0.3, -0.25) is 4.98 Å². The maximum Gasteiger partial charge on any atom is 0.419 e. The first-order chi connectivity index (χ1) is 13.8. The van der Waals surface area contributed by atoms with Crippen molar-refractivity contribution in [3.63, 3.8) is 0 Å². The fourth-order valence-electron chi connectivity index (χ4n) is 3.33. The minimum atomic E-state index is -4.61. The van der Waals surface area contributed by atoms with E-state index in [0.717, 1.165) is 23.3 Å². The van der Waals surface area contributed by atoms with Crippen LogP contribution in [0.15, 0.2) is 42.9 Å². The molecule has 1 aliphatic carbocycles. The van der Waals surface area contributed by atoms with E-state index in [2.05, 4.69) is 15.3 Å². The van der Waals surface area contributed by atoms with Crippen LogP contribution in [0.3, 0.4) is 0 Å². The van der Waals surface area contributed by atoms with Crippen molar-refractivity contribution >= 4 is 22.4 Å². The van der Waals surface area contributed by atoms with E-state index >= 15 is 0 Å². The molecule has 0 radical (unpaired) electrons. The SMILES string of the molecule is Fc1ccc2cnccc2c1CN[C@@H]1CC[C@H]1Oc1cnc(Cl)c(C(F)(F)F)c1. The van der Waals surface area contributed by atoms with Gasteiger partial charge >= 0.3 is 6.18 Å². The highest BCUT2D eigenvalue weighted by molar-refractivity contribution is 6.30. The molecular formula is C20H16ClF4N3O. The van der Waals surface area contributed by atoms with Crippen LogP contribution in [0.1, 0.15) is 24.0 Å². The monoisotopic (exact) mass is 425 g/mol. The largest absolute Gasteiger partial charge is 0.487 e. The second kappa shape index (κ2) is 7.76. The maximum absolute atomic E-state index is 14.3. The molecule has 9 heteroatoms. The zero-order valence-corrected chi connectivity index (χ0v) is 15.8. The van der Waals surface area contributed by atoms with Gasteiger partial charge in [-0.25, -0.2) is 9.37 Å². The third kappa shape index (κ3) is 4.13. The summed E-state index contributed by atoms with van der Waals surface area (Å²) in [6, 6.07) is 5.55. The van der Waals surface area contributed by atoms with Crippen LogP contribution in [-0.2, 0) is 12.7 Å². The van der Waals surface area contributed by atoms with Crippen molar-refractivity contribution in [1.82, 2.24) is 15.3 Å². The van der Waals surface area contributed by atoms with Gasteiger partial charge in [0.2, 0.25) is 0 Å². The van der Waals surface area contributed by atoms with E-state index < -0.39 is 16.9 Å².